The van der Waals surface area contributed by atoms with Gasteiger partial charge in [-0.3, -0.25) is 16.0 Å². The number of hydrazine groups is 1. The highest BCUT2D eigenvalue weighted by Gasteiger charge is 2.24. The molecule has 0 aliphatic rings. The highest BCUT2D eigenvalue weighted by atomic mass is 32.2. The number of sulfone groups is 1. The Balaban J connectivity index is 3.07. The van der Waals surface area contributed by atoms with E-state index in [2.05, 4.69) is 10.5 Å². The van der Waals surface area contributed by atoms with Gasteiger partial charge in [-0.2, -0.15) is 5.10 Å². The fraction of sp³-hybridized carbons (Fsp3) is 0.727. The largest absolute Gasteiger partial charge is 0.493 e. The van der Waals surface area contributed by atoms with Crippen molar-refractivity contribution in [2.24, 2.45) is 5.84 Å². The Labute approximate surface area is 119 Å². The third-order valence-corrected chi connectivity index (χ3v) is 3.76. The number of hydrogen-bond acceptors (Lipinski definition) is 7. The van der Waals surface area contributed by atoms with E-state index in [1.165, 1.54) is 13.4 Å². The Kier molecular flexibility index (Phi) is 5.93. The van der Waals surface area contributed by atoms with Crippen LogP contribution in [0.1, 0.15) is 11.7 Å². The molecule has 1 aromatic heterocycles. The number of hydrogen-bond donors (Lipinski definition) is 2. The van der Waals surface area contributed by atoms with Gasteiger partial charge in [-0.1, -0.05) is 0 Å². The van der Waals surface area contributed by atoms with Gasteiger partial charge < -0.3 is 9.64 Å². The quantitative estimate of drug-likeness (QED) is 0.469. The van der Waals surface area contributed by atoms with E-state index >= 15 is 0 Å². The molecule has 20 heavy (non-hydrogen) atoms. The molecule has 3 N–H and O–H groups in total. The topological polar surface area (TPSA) is 102 Å². The highest BCUT2D eigenvalue weighted by molar-refractivity contribution is 7.90. The first-order valence-corrected chi connectivity index (χ1v) is 8.22. The van der Waals surface area contributed by atoms with Crippen molar-refractivity contribution in [1.82, 2.24) is 20.1 Å². The molecular formula is C11H23N5O3S. The van der Waals surface area contributed by atoms with Crippen molar-refractivity contribution in [3.63, 3.8) is 0 Å². The summed E-state index contributed by atoms with van der Waals surface area (Å²) in [4.78, 5) is 2.01. The molecule has 0 aromatic carbocycles. The summed E-state index contributed by atoms with van der Waals surface area (Å²) in [6, 6.07) is -0.565. The molecule has 0 amide bonds. The Morgan fingerprint density at radius 3 is 2.65 bits per heavy atom. The molecule has 1 aromatic rings. The van der Waals surface area contributed by atoms with Crippen LogP contribution in [-0.4, -0.2) is 62.9 Å². The van der Waals surface area contributed by atoms with Gasteiger partial charge >= 0.3 is 0 Å². The maximum absolute atomic E-state index is 11.5. The van der Waals surface area contributed by atoms with Crippen molar-refractivity contribution in [3.05, 3.63) is 11.9 Å². The minimum Gasteiger partial charge on any atom is -0.493 e. The first-order valence-electron chi connectivity index (χ1n) is 6.16. The van der Waals surface area contributed by atoms with E-state index < -0.39 is 15.9 Å². The van der Waals surface area contributed by atoms with Gasteiger partial charge in [-0.05, 0) is 14.1 Å². The maximum atomic E-state index is 11.5. The summed E-state index contributed by atoms with van der Waals surface area (Å²) in [5, 5.41) is 4.23. The van der Waals surface area contributed by atoms with Crippen LogP contribution in [0.3, 0.4) is 0 Å². The van der Waals surface area contributed by atoms with Gasteiger partial charge in [0.1, 0.15) is 9.84 Å². The van der Waals surface area contributed by atoms with Crippen LogP contribution in [0.15, 0.2) is 6.20 Å². The van der Waals surface area contributed by atoms with Gasteiger partial charge in [0.25, 0.3) is 0 Å². The van der Waals surface area contributed by atoms with Crippen LogP contribution >= 0.6 is 0 Å². The van der Waals surface area contributed by atoms with E-state index in [0.717, 1.165) is 6.54 Å². The second-order valence-electron chi connectivity index (χ2n) is 4.94. The van der Waals surface area contributed by atoms with Crippen LogP contribution < -0.4 is 16.0 Å². The zero-order valence-electron chi connectivity index (χ0n) is 12.3. The van der Waals surface area contributed by atoms with Crippen molar-refractivity contribution in [3.8, 4) is 5.75 Å². The lowest BCUT2D eigenvalue weighted by Crippen LogP contribution is -2.35. The standard InChI is InChI=1S/C11H23N5O3S/c1-15(2)5-6-16-11(10(19-3)7-13-16)9(14-12)8-20(4,17)18/h7,9,14H,5-6,8,12H2,1-4H3. The third-order valence-electron chi connectivity index (χ3n) is 2.82. The molecule has 0 saturated carbocycles. The zero-order valence-corrected chi connectivity index (χ0v) is 13.1. The molecule has 116 valence electrons. The van der Waals surface area contributed by atoms with Gasteiger partial charge in [0, 0.05) is 12.8 Å². The summed E-state index contributed by atoms with van der Waals surface area (Å²) in [5.41, 5.74) is 3.17. The first kappa shape index (κ1) is 16.9. The van der Waals surface area contributed by atoms with E-state index in [1.54, 1.807) is 10.9 Å². The molecule has 0 saturated heterocycles. The Bertz CT molecular complexity index is 526. The van der Waals surface area contributed by atoms with Gasteiger partial charge in [0.15, 0.2) is 5.75 Å². The predicted molar refractivity (Wildman–Crippen MR) is 77.1 cm³/mol. The molecular weight excluding hydrogens is 282 g/mol. The number of rotatable bonds is 8. The summed E-state index contributed by atoms with van der Waals surface area (Å²) < 4.78 is 30.0. The number of methoxy groups -OCH3 is 1. The van der Waals surface area contributed by atoms with Crippen molar-refractivity contribution >= 4 is 9.84 Å². The Morgan fingerprint density at radius 1 is 1.55 bits per heavy atom. The Hall–Kier alpha value is -1.16. The predicted octanol–water partition coefficient (Wildman–Crippen LogP) is -0.998. The molecule has 0 fully saturated rings. The van der Waals surface area contributed by atoms with Crippen LogP contribution in [0.4, 0.5) is 0 Å². The van der Waals surface area contributed by atoms with Gasteiger partial charge in [0.2, 0.25) is 0 Å². The summed E-state index contributed by atoms with van der Waals surface area (Å²) in [7, 11) is 2.24. The van der Waals surface area contributed by atoms with Crippen LogP contribution in [-0.2, 0) is 16.4 Å². The van der Waals surface area contributed by atoms with E-state index in [4.69, 9.17) is 10.6 Å². The smallest absolute Gasteiger partial charge is 0.161 e. The molecule has 1 unspecified atom stereocenters. The van der Waals surface area contributed by atoms with Crippen molar-refractivity contribution in [2.45, 2.75) is 12.6 Å². The van der Waals surface area contributed by atoms with E-state index in [-0.39, 0.29) is 5.75 Å². The average molecular weight is 305 g/mol. The van der Waals surface area contributed by atoms with Crippen LogP contribution in [0.2, 0.25) is 0 Å². The fourth-order valence-electron chi connectivity index (χ4n) is 1.87. The molecule has 1 rings (SSSR count). The molecule has 0 bridgehead atoms. The minimum absolute atomic E-state index is 0.118. The third kappa shape index (κ3) is 4.75. The van der Waals surface area contributed by atoms with Gasteiger partial charge in [0.05, 0.1) is 37.3 Å². The normalized spacial score (nSPS) is 13.7. The lowest BCUT2D eigenvalue weighted by atomic mass is 10.2. The summed E-state index contributed by atoms with van der Waals surface area (Å²) in [5.74, 6) is 5.90. The van der Waals surface area contributed by atoms with Gasteiger partial charge in [-0.25, -0.2) is 8.42 Å². The molecule has 0 aliphatic carbocycles. The number of nitrogens with two attached hydrogens (primary N) is 1. The van der Waals surface area contributed by atoms with E-state index in [9.17, 15) is 8.42 Å². The zero-order chi connectivity index (χ0) is 15.3. The number of nitrogens with zero attached hydrogens (tertiary/aromatic N) is 3. The molecule has 9 heteroatoms. The molecule has 0 radical (unpaired) electrons. The van der Waals surface area contributed by atoms with Crippen molar-refractivity contribution in [2.75, 3.05) is 39.8 Å². The van der Waals surface area contributed by atoms with Crippen molar-refractivity contribution < 1.29 is 13.2 Å². The first-order chi connectivity index (χ1) is 9.28. The molecule has 0 aliphatic heterocycles. The van der Waals surface area contributed by atoms with Crippen LogP contribution in [0, 0.1) is 0 Å². The maximum Gasteiger partial charge on any atom is 0.161 e. The molecule has 1 atom stereocenters. The average Bonchev–Trinajstić information content (AvgIpc) is 2.75. The number of nitrogens with one attached hydrogen (secondary N) is 1. The van der Waals surface area contributed by atoms with Crippen molar-refractivity contribution in [1.29, 1.82) is 0 Å². The van der Waals surface area contributed by atoms with Crippen LogP contribution in [0.25, 0.3) is 0 Å². The number of aromatic nitrogens is 2. The Morgan fingerprint density at radius 2 is 2.20 bits per heavy atom. The summed E-state index contributed by atoms with van der Waals surface area (Å²) in [6.45, 7) is 1.39. The molecule has 0 spiro atoms. The number of ether oxygens (including phenoxy) is 1. The second kappa shape index (κ2) is 7.02. The fourth-order valence-corrected chi connectivity index (χ4v) is 2.73. The highest BCUT2D eigenvalue weighted by Crippen LogP contribution is 2.25. The monoisotopic (exact) mass is 305 g/mol. The second-order valence-corrected chi connectivity index (χ2v) is 7.12. The summed E-state index contributed by atoms with van der Waals surface area (Å²) in [6.07, 6.45) is 2.74. The SMILES string of the molecule is COc1cnn(CCN(C)C)c1C(CS(C)(=O)=O)NN. The lowest BCUT2D eigenvalue weighted by Gasteiger charge is -2.19. The molecule has 8 nitrogen and oxygen atoms in total. The van der Waals surface area contributed by atoms with E-state index in [0.29, 0.717) is 18.0 Å². The van der Waals surface area contributed by atoms with E-state index in [1.807, 2.05) is 19.0 Å². The summed E-state index contributed by atoms with van der Waals surface area (Å²) >= 11 is 0. The lowest BCUT2D eigenvalue weighted by molar-refractivity contribution is 0.357. The molecule has 1 heterocycles. The van der Waals surface area contributed by atoms with Gasteiger partial charge in [-0.15, -0.1) is 0 Å². The minimum atomic E-state index is -3.18. The number of likely N-dealkylation sites (N-methyl/N-ethyl adjacent to an activating group) is 1. The van der Waals surface area contributed by atoms with Crippen LogP contribution in [0.5, 0.6) is 5.75 Å².